The Morgan fingerprint density at radius 2 is 2.18 bits per heavy atom. The number of nitrogens with zero attached hydrogens (tertiary/aromatic N) is 2. The number of nitrogens with one attached hydrogen (secondary N) is 1. The zero-order chi connectivity index (χ0) is 15.2. The van der Waals surface area contributed by atoms with Crippen LogP contribution in [0.2, 0.25) is 0 Å². The number of aryl methyl sites for hydroxylation is 1. The number of para-hydroxylation sites is 1. The summed E-state index contributed by atoms with van der Waals surface area (Å²) < 4.78 is 11.4. The molecule has 5 nitrogen and oxygen atoms in total. The van der Waals surface area contributed by atoms with E-state index < -0.39 is 0 Å². The quantitative estimate of drug-likeness (QED) is 0.678. The molecule has 1 aromatic carbocycles. The van der Waals surface area contributed by atoms with Gasteiger partial charge in [-0.2, -0.15) is 5.10 Å². The number of anilines is 1. The minimum absolute atomic E-state index is 0.220. The van der Waals surface area contributed by atoms with Crippen LogP contribution in [-0.4, -0.2) is 30.5 Å². The predicted molar refractivity (Wildman–Crippen MR) is 89.0 cm³/mol. The lowest BCUT2D eigenvalue weighted by molar-refractivity contribution is 0.0255. The van der Waals surface area contributed by atoms with E-state index >= 15 is 0 Å². The maximum Gasteiger partial charge on any atom is 0.203 e. The molecule has 0 saturated carbocycles. The first-order valence-electron chi connectivity index (χ1n) is 7.36. The van der Waals surface area contributed by atoms with E-state index in [9.17, 15) is 0 Å². The fourth-order valence-corrected chi connectivity index (χ4v) is 2.87. The third-order valence-corrected chi connectivity index (χ3v) is 4.23. The molecule has 1 fully saturated rings. The number of thiazole rings is 1. The van der Waals surface area contributed by atoms with E-state index in [2.05, 4.69) is 15.5 Å². The lowest BCUT2D eigenvalue weighted by Gasteiger charge is -2.24. The van der Waals surface area contributed by atoms with Crippen molar-refractivity contribution in [1.29, 1.82) is 0 Å². The second kappa shape index (κ2) is 7.38. The van der Waals surface area contributed by atoms with Crippen LogP contribution >= 0.6 is 11.3 Å². The predicted octanol–water partition coefficient (Wildman–Crippen LogP) is 3.46. The van der Waals surface area contributed by atoms with Crippen molar-refractivity contribution in [2.24, 2.45) is 5.10 Å². The van der Waals surface area contributed by atoms with E-state index in [1.165, 1.54) is 11.3 Å². The summed E-state index contributed by atoms with van der Waals surface area (Å²) in [7, 11) is 0. The molecule has 1 N–H and O–H groups in total. The molecule has 0 radical (unpaired) electrons. The van der Waals surface area contributed by atoms with E-state index in [4.69, 9.17) is 9.47 Å². The summed E-state index contributed by atoms with van der Waals surface area (Å²) in [6, 6.07) is 7.92. The highest BCUT2D eigenvalue weighted by Gasteiger charge is 2.16. The van der Waals surface area contributed by atoms with Gasteiger partial charge in [-0.15, -0.1) is 11.3 Å². The maximum atomic E-state index is 6.08. The Hall–Kier alpha value is -1.92. The highest BCUT2D eigenvalue weighted by atomic mass is 32.1. The molecular formula is C16H19N3O2S. The number of hydrogen-bond acceptors (Lipinski definition) is 6. The molecular weight excluding hydrogens is 298 g/mol. The van der Waals surface area contributed by atoms with Crippen LogP contribution in [0, 0.1) is 6.92 Å². The van der Waals surface area contributed by atoms with Crippen molar-refractivity contribution in [1.82, 2.24) is 4.98 Å². The minimum Gasteiger partial charge on any atom is -0.490 e. The molecule has 2 heterocycles. The summed E-state index contributed by atoms with van der Waals surface area (Å²) in [6.07, 6.45) is 3.85. The van der Waals surface area contributed by atoms with Crippen molar-refractivity contribution < 1.29 is 9.47 Å². The zero-order valence-electron chi connectivity index (χ0n) is 12.5. The lowest BCUT2D eigenvalue weighted by Crippen LogP contribution is -2.26. The van der Waals surface area contributed by atoms with Gasteiger partial charge in [-0.25, -0.2) is 4.98 Å². The van der Waals surface area contributed by atoms with Crippen LogP contribution in [0.4, 0.5) is 5.13 Å². The highest BCUT2D eigenvalue weighted by molar-refractivity contribution is 7.13. The van der Waals surface area contributed by atoms with Crippen LogP contribution in [0.3, 0.4) is 0 Å². The van der Waals surface area contributed by atoms with Crippen molar-refractivity contribution >= 4 is 22.7 Å². The Balaban J connectivity index is 1.65. The van der Waals surface area contributed by atoms with E-state index in [-0.39, 0.29) is 6.10 Å². The van der Waals surface area contributed by atoms with Gasteiger partial charge in [-0.3, -0.25) is 5.43 Å². The smallest absolute Gasteiger partial charge is 0.203 e. The minimum atomic E-state index is 0.220. The number of aromatic nitrogens is 1. The fraction of sp³-hybridized carbons (Fsp3) is 0.375. The Bertz CT molecular complexity index is 636. The van der Waals surface area contributed by atoms with Crippen LogP contribution in [0.1, 0.15) is 24.1 Å². The Labute approximate surface area is 134 Å². The standard InChI is InChI=1S/C16H19N3O2S/c1-12-11-22-16(18-12)19-17-10-13-4-2-3-5-15(13)21-14-6-8-20-9-7-14/h2-5,10-11,14H,6-9H2,1H3,(H,18,19). The van der Waals surface area contributed by atoms with E-state index in [0.29, 0.717) is 0 Å². The molecule has 22 heavy (non-hydrogen) atoms. The average molecular weight is 317 g/mol. The second-order valence-corrected chi connectivity index (χ2v) is 5.99. The Kier molecular flexibility index (Phi) is 5.03. The molecule has 0 bridgehead atoms. The molecule has 1 aromatic heterocycles. The van der Waals surface area contributed by atoms with Crippen LogP contribution < -0.4 is 10.2 Å². The summed E-state index contributed by atoms with van der Waals surface area (Å²) >= 11 is 1.54. The van der Waals surface area contributed by atoms with Gasteiger partial charge in [0.25, 0.3) is 0 Å². The van der Waals surface area contributed by atoms with Crippen LogP contribution in [-0.2, 0) is 4.74 Å². The van der Waals surface area contributed by atoms with Gasteiger partial charge in [0.05, 0.1) is 25.1 Å². The molecule has 116 valence electrons. The largest absolute Gasteiger partial charge is 0.490 e. The normalized spacial score (nSPS) is 16.0. The van der Waals surface area contributed by atoms with Gasteiger partial charge in [0.15, 0.2) is 0 Å². The molecule has 3 rings (SSSR count). The first-order valence-corrected chi connectivity index (χ1v) is 8.24. The number of hydrogen-bond donors (Lipinski definition) is 1. The number of hydrazone groups is 1. The molecule has 0 amide bonds. The highest BCUT2D eigenvalue weighted by Crippen LogP contribution is 2.21. The second-order valence-electron chi connectivity index (χ2n) is 5.13. The van der Waals surface area contributed by atoms with Gasteiger partial charge in [-0.05, 0) is 19.1 Å². The van der Waals surface area contributed by atoms with Crippen LogP contribution in [0.15, 0.2) is 34.7 Å². The van der Waals surface area contributed by atoms with Gasteiger partial charge in [0.2, 0.25) is 5.13 Å². The average Bonchev–Trinajstić information content (AvgIpc) is 2.95. The van der Waals surface area contributed by atoms with Crippen LogP contribution in [0.5, 0.6) is 5.75 Å². The van der Waals surface area contributed by atoms with Crippen molar-refractivity contribution in [3.8, 4) is 5.75 Å². The van der Waals surface area contributed by atoms with E-state index in [0.717, 1.165) is 48.2 Å². The molecule has 0 aliphatic carbocycles. The molecule has 2 aromatic rings. The summed E-state index contributed by atoms with van der Waals surface area (Å²) in [5, 5.41) is 7.02. The molecule has 6 heteroatoms. The van der Waals surface area contributed by atoms with Crippen molar-refractivity contribution in [2.45, 2.75) is 25.9 Å². The molecule has 1 aliphatic heterocycles. The van der Waals surface area contributed by atoms with Crippen molar-refractivity contribution in [3.05, 3.63) is 40.9 Å². The number of rotatable bonds is 5. The molecule has 1 saturated heterocycles. The summed E-state index contributed by atoms with van der Waals surface area (Å²) in [6.45, 7) is 3.50. The van der Waals surface area contributed by atoms with E-state index in [1.54, 1.807) is 6.21 Å². The molecule has 0 spiro atoms. The van der Waals surface area contributed by atoms with Gasteiger partial charge >= 0.3 is 0 Å². The first-order chi connectivity index (χ1) is 10.8. The van der Waals surface area contributed by atoms with Gasteiger partial charge in [0.1, 0.15) is 11.9 Å². The summed E-state index contributed by atoms with van der Waals surface area (Å²) in [4.78, 5) is 4.31. The SMILES string of the molecule is Cc1csc(NN=Cc2ccccc2OC2CCOCC2)n1. The maximum absolute atomic E-state index is 6.08. The van der Waals surface area contributed by atoms with Crippen LogP contribution in [0.25, 0.3) is 0 Å². The molecule has 0 atom stereocenters. The third kappa shape index (κ3) is 4.05. The lowest BCUT2D eigenvalue weighted by atomic mass is 10.1. The monoisotopic (exact) mass is 317 g/mol. The van der Waals surface area contributed by atoms with Gasteiger partial charge in [0, 0.05) is 23.8 Å². The third-order valence-electron chi connectivity index (χ3n) is 3.36. The zero-order valence-corrected chi connectivity index (χ0v) is 13.3. The molecule has 1 aliphatic rings. The van der Waals surface area contributed by atoms with Crippen molar-refractivity contribution in [2.75, 3.05) is 18.6 Å². The topological polar surface area (TPSA) is 55.7 Å². The van der Waals surface area contributed by atoms with Gasteiger partial charge < -0.3 is 9.47 Å². The Morgan fingerprint density at radius 1 is 1.36 bits per heavy atom. The molecule has 0 unspecified atom stereocenters. The Morgan fingerprint density at radius 3 is 2.95 bits per heavy atom. The summed E-state index contributed by atoms with van der Waals surface area (Å²) in [5.41, 5.74) is 4.89. The number of ether oxygens (including phenoxy) is 2. The number of benzene rings is 1. The van der Waals surface area contributed by atoms with Gasteiger partial charge in [-0.1, -0.05) is 12.1 Å². The first kappa shape index (κ1) is 15.0. The fourth-order valence-electron chi connectivity index (χ4n) is 2.23. The van der Waals surface area contributed by atoms with Crippen molar-refractivity contribution in [3.63, 3.8) is 0 Å². The summed E-state index contributed by atoms with van der Waals surface area (Å²) in [5.74, 6) is 0.857. The van der Waals surface area contributed by atoms with E-state index in [1.807, 2.05) is 36.6 Å².